The van der Waals surface area contributed by atoms with Gasteiger partial charge in [-0.05, 0) is 30.4 Å². The summed E-state index contributed by atoms with van der Waals surface area (Å²) in [6.45, 7) is 0.511. The van der Waals surface area contributed by atoms with Crippen molar-refractivity contribution in [3.8, 4) is 0 Å². The molecule has 0 aliphatic heterocycles. The van der Waals surface area contributed by atoms with Crippen molar-refractivity contribution < 1.29 is 4.79 Å². The lowest BCUT2D eigenvalue weighted by molar-refractivity contribution is 0.236. The Bertz CT molecular complexity index is 395. The van der Waals surface area contributed by atoms with Crippen LogP contribution in [0.4, 0.5) is 4.79 Å². The van der Waals surface area contributed by atoms with Gasteiger partial charge >= 0.3 is 6.03 Å². The van der Waals surface area contributed by atoms with E-state index < -0.39 is 0 Å². The Morgan fingerprint density at radius 1 is 1.35 bits per heavy atom. The van der Waals surface area contributed by atoms with Gasteiger partial charge in [-0.3, -0.25) is 0 Å². The van der Waals surface area contributed by atoms with E-state index in [9.17, 15) is 4.79 Å². The maximum atomic E-state index is 11.5. The van der Waals surface area contributed by atoms with Crippen LogP contribution in [0.2, 0.25) is 0 Å². The molecule has 0 heterocycles. The van der Waals surface area contributed by atoms with Crippen LogP contribution >= 0.6 is 11.6 Å². The van der Waals surface area contributed by atoms with Gasteiger partial charge in [0.05, 0.1) is 0 Å². The molecular formula is C13H17ClN2O. The average Bonchev–Trinajstić information content (AvgIpc) is 2.36. The molecule has 1 aromatic carbocycles. The molecule has 0 saturated carbocycles. The van der Waals surface area contributed by atoms with Crippen molar-refractivity contribution in [3.63, 3.8) is 0 Å². The summed E-state index contributed by atoms with van der Waals surface area (Å²) in [5.41, 5.74) is 2.76. The van der Waals surface area contributed by atoms with E-state index in [0.29, 0.717) is 12.4 Å². The molecule has 0 bridgehead atoms. The van der Waals surface area contributed by atoms with Crippen molar-refractivity contribution in [3.05, 3.63) is 35.4 Å². The summed E-state index contributed by atoms with van der Waals surface area (Å²) in [7, 11) is 0. The molecule has 17 heavy (non-hydrogen) atoms. The molecule has 1 aliphatic carbocycles. The van der Waals surface area contributed by atoms with E-state index >= 15 is 0 Å². The van der Waals surface area contributed by atoms with Gasteiger partial charge in [0.1, 0.15) is 0 Å². The first-order chi connectivity index (χ1) is 8.29. The molecule has 0 spiro atoms. The van der Waals surface area contributed by atoms with E-state index in [2.05, 4.69) is 34.9 Å². The van der Waals surface area contributed by atoms with Crippen molar-refractivity contribution in [1.82, 2.24) is 10.6 Å². The van der Waals surface area contributed by atoms with E-state index in [1.165, 1.54) is 11.1 Å². The molecule has 92 valence electrons. The zero-order chi connectivity index (χ0) is 12.1. The van der Waals surface area contributed by atoms with Gasteiger partial charge in [0.15, 0.2) is 0 Å². The molecule has 0 fully saturated rings. The number of hydrogen-bond donors (Lipinski definition) is 2. The number of fused-ring (bicyclic) bond motifs is 1. The number of alkyl halides is 1. The highest BCUT2D eigenvalue weighted by molar-refractivity contribution is 6.18. The predicted molar refractivity (Wildman–Crippen MR) is 69.5 cm³/mol. The Morgan fingerprint density at radius 3 is 2.88 bits per heavy atom. The van der Waals surface area contributed by atoms with Crippen LogP contribution in [0, 0.1) is 0 Å². The first-order valence-corrected chi connectivity index (χ1v) is 6.50. The van der Waals surface area contributed by atoms with Crippen LogP contribution in [0.25, 0.3) is 0 Å². The van der Waals surface area contributed by atoms with Gasteiger partial charge in [-0.2, -0.15) is 0 Å². The van der Waals surface area contributed by atoms with Crippen LogP contribution in [0.15, 0.2) is 24.3 Å². The molecule has 0 unspecified atom stereocenters. The third-order valence-electron chi connectivity index (χ3n) is 3.06. The molecule has 2 rings (SSSR count). The summed E-state index contributed by atoms with van der Waals surface area (Å²) in [5.74, 6) is 0.445. The predicted octanol–water partition coefficient (Wildman–Crippen LogP) is 2.08. The molecule has 2 N–H and O–H groups in total. The Labute approximate surface area is 107 Å². The average molecular weight is 253 g/mol. The molecule has 1 aliphatic rings. The highest BCUT2D eigenvalue weighted by atomic mass is 35.5. The van der Waals surface area contributed by atoms with Crippen molar-refractivity contribution >= 4 is 17.6 Å². The zero-order valence-electron chi connectivity index (χ0n) is 9.71. The van der Waals surface area contributed by atoms with Crippen LogP contribution in [-0.4, -0.2) is 24.5 Å². The first-order valence-electron chi connectivity index (χ1n) is 5.96. The lowest BCUT2D eigenvalue weighted by Gasteiger charge is -2.25. The molecule has 2 amide bonds. The van der Waals surface area contributed by atoms with Crippen molar-refractivity contribution in [2.45, 2.75) is 25.3 Å². The van der Waals surface area contributed by atoms with E-state index in [1.807, 2.05) is 0 Å². The topological polar surface area (TPSA) is 41.1 Å². The van der Waals surface area contributed by atoms with Crippen LogP contribution < -0.4 is 10.6 Å². The molecule has 1 aromatic rings. The minimum Gasteiger partial charge on any atom is -0.337 e. The largest absolute Gasteiger partial charge is 0.337 e. The van der Waals surface area contributed by atoms with Crippen LogP contribution in [0.3, 0.4) is 0 Å². The number of aryl methyl sites for hydroxylation is 1. The fraction of sp³-hybridized carbons (Fsp3) is 0.462. The first kappa shape index (κ1) is 12.2. The van der Waals surface area contributed by atoms with E-state index in [0.717, 1.165) is 19.3 Å². The fourth-order valence-corrected chi connectivity index (χ4v) is 2.31. The fourth-order valence-electron chi connectivity index (χ4n) is 2.22. The van der Waals surface area contributed by atoms with E-state index in [4.69, 9.17) is 11.6 Å². The summed E-state index contributed by atoms with van der Waals surface area (Å²) in [6.07, 6.45) is 2.96. The van der Waals surface area contributed by atoms with E-state index in [-0.39, 0.29) is 12.1 Å². The molecule has 3 nitrogen and oxygen atoms in total. The monoisotopic (exact) mass is 252 g/mol. The number of benzene rings is 1. The van der Waals surface area contributed by atoms with Crippen LogP contribution in [-0.2, 0) is 12.8 Å². The van der Waals surface area contributed by atoms with Gasteiger partial charge in [-0.25, -0.2) is 4.79 Å². The SMILES string of the molecule is O=C(NCCCl)N[C@@H]1CCc2ccccc2C1. The number of hydrogen-bond acceptors (Lipinski definition) is 1. The molecule has 0 aromatic heterocycles. The van der Waals surface area contributed by atoms with Gasteiger partial charge in [-0.1, -0.05) is 24.3 Å². The van der Waals surface area contributed by atoms with Crippen LogP contribution in [0.5, 0.6) is 0 Å². The Kier molecular flexibility index (Phi) is 4.26. The Hall–Kier alpha value is -1.22. The summed E-state index contributed by atoms with van der Waals surface area (Å²) < 4.78 is 0. The highest BCUT2D eigenvalue weighted by Crippen LogP contribution is 2.20. The second-order valence-corrected chi connectivity index (χ2v) is 4.68. The number of rotatable bonds is 3. The highest BCUT2D eigenvalue weighted by Gasteiger charge is 2.19. The summed E-state index contributed by atoms with van der Waals surface area (Å²) in [4.78, 5) is 11.5. The van der Waals surface area contributed by atoms with Crippen molar-refractivity contribution in [1.29, 1.82) is 0 Å². The maximum Gasteiger partial charge on any atom is 0.315 e. The number of halogens is 1. The van der Waals surface area contributed by atoms with Gasteiger partial charge in [0.25, 0.3) is 0 Å². The van der Waals surface area contributed by atoms with Crippen LogP contribution in [0.1, 0.15) is 17.5 Å². The molecular weight excluding hydrogens is 236 g/mol. The molecule has 4 heteroatoms. The normalized spacial score (nSPS) is 18.3. The van der Waals surface area contributed by atoms with Gasteiger partial charge in [0, 0.05) is 18.5 Å². The quantitative estimate of drug-likeness (QED) is 0.795. The zero-order valence-corrected chi connectivity index (χ0v) is 10.5. The minimum atomic E-state index is -0.116. The Balaban J connectivity index is 1.88. The third-order valence-corrected chi connectivity index (χ3v) is 3.25. The lowest BCUT2D eigenvalue weighted by atomic mass is 9.88. The molecule has 0 radical (unpaired) electrons. The minimum absolute atomic E-state index is 0.116. The summed E-state index contributed by atoms with van der Waals surface area (Å²) >= 11 is 5.51. The van der Waals surface area contributed by atoms with Crippen molar-refractivity contribution in [2.75, 3.05) is 12.4 Å². The van der Waals surface area contributed by atoms with Gasteiger partial charge in [-0.15, -0.1) is 11.6 Å². The number of carbonyl (C=O) groups excluding carboxylic acids is 1. The lowest BCUT2D eigenvalue weighted by Crippen LogP contribution is -2.45. The number of carbonyl (C=O) groups is 1. The second-order valence-electron chi connectivity index (χ2n) is 4.30. The number of urea groups is 1. The number of nitrogens with one attached hydrogen (secondary N) is 2. The summed E-state index contributed by atoms with van der Waals surface area (Å²) in [6, 6.07) is 8.54. The number of amides is 2. The van der Waals surface area contributed by atoms with Crippen molar-refractivity contribution in [2.24, 2.45) is 0 Å². The molecule has 1 atom stereocenters. The second kappa shape index (κ2) is 5.92. The standard InChI is InChI=1S/C13H17ClN2O/c14-7-8-15-13(17)16-12-6-5-10-3-1-2-4-11(10)9-12/h1-4,12H,5-9H2,(H2,15,16,17)/t12-/m1/s1. The van der Waals surface area contributed by atoms with Gasteiger partial charge < -0.3 is 10.6 Å². The maximum absolute atomic E-state index is 11.5. The van der Waals surface area contributed by atoms with Gasteiger partial charge in [0.2, 0.25) is 0 Å². The smallest absolute Gasteiger partial charge is 0.315 e. The Morgan fingerprint density at radius 2 is 2.12 bits per heavy atom. The summed E-state index contributed by atoms with van der Waals surface area (Å²) in [5, 5.41) is 5.71. The molecule has 0 saturated heterocycles. The third kappa shape index (κ3) is 3.37. The van der Waals surface area contributed by atoms with E-state index in [1.54, 1.807) is 0 Å².